The molecule has 0 N–H and O–H groups in total. The fraction of sp³-hybridized carbons (Fsp3) is 0.235. The lowest BCUT2D eigenvalue weighted by Crippen LogP contribution is -2.24. The number of ether oxygens (including phenoxy) is 2. The van der Waals surface area contributed by atoms with E-state index >= 15 is 0 Å². The second kappa shape index (κ2) is 5.32. The molecule has 2 aromatic carbocycles. The average Bonchev–Trinajstić information content (AvgIpc) is 2.92. The van der Waals surface area contributed by atoms with Crippen molar-refractivity contribution in [2.45, 2.75) is 19.6 Å². The minimum absolute atomic E-state index is 0.193. The molecule has 112 valence electrons. The zero-order chi connectivity index (χ0) is 15.1. The molecule has 3 aromatic rings. The van der Waals surface area contributed by atoms with Crippen LogP contribution in [0.5, 0.6) is 11.5 Å². The molecule has 4 rings (SSSR count). The smallest absolute Gasteiger partial charge is 0.190 e. The molecule has 0 radical (unpaired) electrons. The van der Waals surface area contributed by atoms with Crippen LogP contribution in [0.2, 0.25) is 0 Å². The first-order valence-electron chi connectivity index (χ1n) is 7.30. The number of fused-ring (bicyclic) bond motifs is 2. The number of hydrogen-bond donors (Lipinski definition) is 0. The summed E-state index contributed by atoms with van der Waals surface area (Å²) in [7, 11) is 0. The van der Waals surface area contributed by atoms with Gasteiger partial charge in [0, 0.05) is 11.0 Å². The van der Waals surface area contributed by atoms with Crippen LogP contribution in [0.3, 0.4) is 0 Å². The number of para-hydroxylation sites is 2. The molecule has 1 aliphatic rings. The van der Waals surface area contributed by atoms with E-state index in [2.05, 4.69) is 33.5 Å². The Morgan fingerprint density at radius 3 is 2.86 bits per heavy atom. The van der Waals surface area contributed by atoms with Crippen molar-refractivity contribution < 1.29 is 9.47 Å². The molecule has 1 unspecified atom stereocenters. The molecule has 0 amide bonds. The van der Waals surface area contributed by atoms with Gasteiger partial charge in [-0.05, 0) is 37.3 Å². The lowest BCUT2D eigenvalue weighted by molar-refractivity contribution is 0.0829. The summed E-state index contributed by atoms with van der Waals surface area (Å²) in [6.07, 6.45) is -0.193. The summed E-state index contributed by atoms with van der Waals surface area (Å²) >= 11 is 3.53. The van der Waals surface area contributed by atoms with E-state index < -0.39 is 0 Å². The van der Waals surface area contributed by atoms with Crippen LogP contribution < -0.4 is 9.47 Å². The van der Waals surface area contributed by atoms with Gasteiger partial charge in [-0.2, -0.15) is 0 Å². The Kier molecular flexibility index (Phi) is 3.30. The minimum atomic E-state index is -0.193. The molecular formula is C17H15BrN2O2. The number of halogens is 1. The number of benzene rings is 2. The van der Waals surface area contributed by atoms with Gasteiger partial charge in [-0.25, -0.2) is 4.98 Å². The third kappa shape index (κ3) is 2.16. The molecule has 0 saturated heterocycles. The molecule has 0 aliphatic carbocycles. The highest BCUT2D eigenvalue weighted by atomic mass is 79.9. The lowest BCUT2D eigenvalue weighted by atomic mass is 10.2. The van der Waals surface area contributed by atoms with Crippen LogP contribution in [-0.2, 0) is 6.54 Å². The van der Waals surface area contributed by atoms with Crippen molar-refractivity contribution in [2.24, 2.45) is 0 Å². The van der Waals surface area contributed by atoms with Crippen molar-refractivity contribution in [3.8, 4) is 11.5 Å². The van der Waals surface area contributed by atoms with Crippen LogP contribution in [0, 0.1) is 0 Å². The zero-order valence-corrected chi connectivity index (χ0v) is 13.7. The second-order valence-electron chi connectivity index (χ2n) is 5.21. The van der Waals surface area contributed by atoms with Crippen molar-refractivity contribution in [3.05, 3.63) is 52.8 Å². The molecule has 0 bridgehead atoms. The van der Waals surface area contributed by atoms with E-state index in [9.17, 15) is 0 Å². The highest BCUT2D eigenvalue weighted by Gasteiger charge is 2.27. The van der Waals surface area contributed by atoms with Gasteiger partial charge in [0.15, 0.2) is 23.4 Å². The Bertz CT molecular complexity index is 844. The highest BCUT2D eigenvalue weighted by molar-refractivity contribution is 9.10. The van der Waals surface area contributed by atoms with Gasteiger partial charge >= 0.3 is 0 Å². The summed E-state index contributed by atoms with van der Waals surface area (Å²) in [5, 5.41) is 0. The molecular weight excluding hydrogens is 344 g/mol. The van der Waals surface area contributed by atoms with Gasteiger partial charge in [-0.3, -0.25) is 0 Å². The summed E-state index contributed by atoms with van der Waals surface area (Å²) in [6, 6.07) is 13.9. The summed E-state index contributed by atoms with van der Waals surface area (Å²) in [4.78, 5) is 4.76. The van der Waals surface area contributed by atoms with Crippen molar-refractivity contribution >= 4 is 27.0 Å². The summed E-state index contributed by atoms with van der Waals surface area (Å²) in [5.41, 5.74) is 2.08. The fourth-order valence-electron chi connectivity index (χ4n) is 2.84. The second-order valence-corrected chi connectivity index (χ2v) is 6.13. The van der Waals surface area contributed by atoms with Crippen molar-refractivity contribution in [3.63, 3.8) is 0 Å². The molecule has 0 spiro atoms. The molecule has 5 heteroatoms. The van der Waals surface area contributed by atoms with Crippen molar-refractivity contribution in [2.75, 3.05) is 6.61 Å². The van der Waals surface area contributed by atoms with Crippen LogP contribution in [0.25, 0.3) is 11.0 Å². The Labute approximate surface area is 136 Å². The highest BCUT2D eigenvalue weighted by Crippen LogP contribution is 2.36. The van der Waals surface area contributed by atoms with Crippen LogP contribution in [-0.4, -0.2) is 16.2 Å². The third-order valence-electron chi connectivity index (χ3n) is 3.85. The summed E-state index contributed by atoms with van der Waals surface area (Å²) < 4.78 is 15.2. The Balaban J connectivity index is 1.78. The van der Waals surface area contributed by atoms with Crippen LogP contribution in [0.1, 0.15) is 18.9 Å². The lowest BCUT2D eigenvalue weighted by Gasteiger charge is -2.26. The first-order valence-corrected chi connectivity index (χ1v) is 8.09. The van der Waals surface area contributed by atoms with E-state index in [1.807, 2.05) is 36.4 Å². The van der Waals surface area contributed by atoms with Gasteiger partial charge in [-0.1, -0.05) is 28.1 Å². The number of aryl methyl sites for hydroxylation is 1. The fourth-order valence-corrected chi connectivity index (χ4v) is 3.19. The van der Waals surface area contributed by atoms with E-state index in [0.29, 0.717) is 6.61 Å². The molecule has 0 saturated carbocycles. The Hall–Kier alpha value is -2.01. The van der Waals surface area contributed by atoms with Gasteiger partial charge in [0.2, 0.25) is 0 Å². The average molecular weight is 359 g/mol. The van der Waals surface area contributed by atoms with E-state index in [-0.39, 0.29) is 6.10 Å². The van der Waals surface area contributed by atoms with Crippen LogP contribution in [0.4, 0.5) is 0 Å². The molecule has 1 atom stereocenters. The SMILES string of the molecule is CCn1c(C2COc3ccccc3O2)nc2ccc(Br)cc21. The van der Waals surface area contributed by atoms with Crippen molar-refractivity contribution in [1.82, 2.24) is 9.55 Å². The van der Waals surface area contributed by atoms with Gasteiger partial charge in [0.25, 0.3) is 0 Å². The van der Waals surface area contributed by atoms with Gasteiger partial charge < -0.3 is 14.0 Å². The molecule has 2 heterocycles. The summed E-state index contributed by atoms with van der Waals surface area (Å²) in [6.45, 7) is 3.43. The number of nitrogens with zero attached hydrogens (tertiary/aromatic N) is 2. The minimum Gasteiger partial charge on any atom is -0.485 e. The normalized spacial score (nSPS) is 16.9. The van der Waals surface area contributed by atoms with Gasteiger partial charge in [0.05, 0.1) is 11.0 Å². The van der Waals surface area contributed by atoms with Crippen LogP contribution in [0.15, 0.2) is 46.9 Å². The van der Waals surface area contributed by atoms with E-state index in [1.165, 1.54) is 0 Å². The topological polar surface area (TPSA) is 36.3 Å². The first kappa shape index (κ1) is 13.6. The standard InChI is InChI=1S/C17H15BrN2O2/c1-2-20-13-9-11(18)7-8-12(13)19-17(20)16-10-21-14-5-3-4-6-15(14)22-16/h3-9,16H,2,10H2,1H3. The predicted molar refractivity (Wildman–Crippen MR) is 88.4 cm³/mol. The van der Waals surface area contributed by atoms with E-state index in [4.69, 9.17) is 14.5 Å². The zero-order valence-electron chi connectivity index (χ0n) is 12.1. The number of imidazole rings is 1. The maximum atomic E-state index is 6.10. The summed E-state index contributed by atoms with van der Waals surface area (Å²) in [5.74, 6) is 2.47. The quantitative estimate of drug-likeness (QED) is 0.683. The Morgan fingerprint density at radius 1 is 1.23 bits per heavy atom. The van der Waals surface area contributed by atoms with Gasteiger partial charge in [0.1, 0.15) is 6.61 Å². The molecule has 22 heavy (non-hydrogen) atoms. The molecule has 1 aliphatic heterocycles. The first-order chi connectivity index (χ1) is 10.8. The van der Waals surface area contributed by atoms with E-state index in [0.717, 1.165) is 39.4 Å². The molecule has 1 aromatic heterocycles. The predicted octanol–water partition coefficient (Wildman–Crippen LogP) is 4.33. The number of rotatable bonds is 2. The van der Waals surface area contributed by atoms with Crippen LogP contribution >= 0.6 is 15.9 Å². The number of aromatic nitrogens is 2. The molecule has 4 nitrogen and oxygen atoms in total. The maximum Gasteiger partial charge on any atom is 0.190 e. The van der Waals surface area contributed by atoms with Gasteiger partial charge in [-0.15, -0.1) is 0 Å². The monoisotopic (exact) mass is 358 g/mol. The van der Waals surface area contributed by atoms with Crippen molar-refractivity contribution in [1.29, 1.82) is 0 Å². The third-order valence-corrected chi connectivity index (χ3v) is 4.35. The van der Waals surface area contributed by atoms with E-state index in [1.54, 1.807) is 0 Å². The molecule has 0 fully saturated rings. The maximum absolute atomic E-state index is 6.10. The Morgan fingerprint density at radius 2 is 2.05 bits per heavy atom. The largest absolute Gasteiger partial charge is 0.485 e. The number of hydrogen-bond acceptors (Lipinski definition) is 3.